The van der Waals surface area contributed by atoms with E-state index in [0.717, 1.165) is 23.2 Å². The maximum absolute atomic E-state index is 12.3. The van der Waals surface area contributed by atoms with E-state index in [1.54, 1.807) is 18.5 Å². The molecule has 1 saturated carbocycles. The quantitative estimate of drug-likeness (QED) is 0.358. The first-order valence-electron chi connectivity index (χ1n) is 11.9. The summed E-state index contributed by atoms with van der Waals surface area (Å²) in [6.07, 6.45) is 16.4. The number of ether oxygens (including phenoxy) is 1. The summed E-state index contributed by atoms with van der Waals surface area (Å²) in [6.45, 7) is 1.97. The van der Waals surface area contributed by atoms with Crippen LogP contribution < -0.4 is 5.32 Å². The standard InChI is InChI=1S/C27H32N4O2/c32-26(29-17-8-18-33-25-12-5-2-6-13-25)15-14-24-21-31(20-22-9-3-1-4-10-22)30-27(24)23-11-7-16-28-19-23/h1,3-4,7,9-11,14-16,19,21,25H,2,5-6,8,12-13,17-18,20H2,(H,29,32)/b15-14+. The Hall–Kier alpha value is -3.25. The topological polar surface area (TPSA) is 69.0 Å². The molecule has 1 amide bonds. The second kappa shape index (κ2) is 12.1. The monoisotopic (exact) mass is 444 g/mol. The van der Waals surface area contributed by atoms with Crippen molar-refractivity contribution in [3.63, 3.8) is 0 Å². The van der Waals surface area contributed by atoms with Gasteiger partial charge in [0.25, 0.3) is 0 Å². The first-order valence-corrected chi connectivity index (χ1v) is 11.9. The van der Waals surface area contributed by atoms with E-state index >= 15 is 0 Å². The molecular formula is C27H32N4O2. The van der Waals surface area contributed by atoms with Gasteiger partial charge in [0.15, 0.2) is 0 Å². The molecule has 6 nitrogen and oxygen atoms in total. The number of nitrogens with zero attached hydrogens (tertiary/aromatic N) is 3. The predicted molar refractivity (Wildman–Crippen MR) is 130 cm³/mol. The predicted octanol–water partition coefficient (Wildman–Crippen LogP) is 4.86. The molecule has 6 heteroatoms. The van der Waals surface area contributed by atoms with E-state index in [0.29, 0.717) is 25.8 Å². The van der Waals surface area contributed by atoms with Crippen molar-refractivity contribution in [3.8, 4) is 11.3 Å². The van der Waals surface area contributed by atoms with E-state index in [2.05, 4.69) is 22.4 Å². The van der Waals surface area contributed by atoms with Gasteiger partial charge in [0.05, 0.1) is 12.6 Å². The Bertz CT molecular complexity index is 1020. The molecule has 1 aromatic carbocycles. The van der Waals surface area contributed by atoms with Gasteiger partial charge in [-0.25, -0.2) is 0 Å². The van der Waals surface area contributed by atoms with Crippen LogP contribution in [-0.4, -0.2) is 39.9 Å². The van der Waals surface area contributed by atoms with Crippen LogP contribution in [0.15, 0.2) is 67.1 Å². The normalized spacial score (nSPS) is 14.5. The van der Waals surface area contributed by atoms with Gasteiger partial charge in [-0.2, -0.15) is 5.10 Å². The molecule has 0 bridgehead atoms. The third kappa shape index (κ3) is 7.12. The highest BCUT2D eigenvalue weighted by molar-refractivity contribution is 5.92. The summed E-state index contributed by atoms with van der Waals surface area (Å²) in [6, 6.07) is 14.1. The number of carbonyl (C=O) groups excluding carboxylic acids is 1. The zero-order valence-electron chi connectivity index (χ0n) is 19.0. The van der Waals surface area contributed by atoms with E-state index in [4.69, 9.17) is 9.84 Å². The van der Waals surface area contributed by atoms with Crippen molar-refractivity contribution >= 4 is 12.0 Å². The number of hydrogen-bond acceptors (Lipinski definition) is 4. The van der Waals surface area contributed by atoms with Gasteiger partial charge in [-0.1, -0.05) is 49.6 Å². The molecule has 33 heavy (non-hydrogen) atoms. The largest absolute Gasteiger partial charge is 0.378 e. The second-order valence-electron chi connectivity index (χ2n) is 8.47. The van der Waals surface area contributed by atoms with Gasteiger partial charge in [-0.15, -0.1) is 0 Å². The number of aromatic nitrogens is 3. The fourth-order valence-electron chi connectivity index (χ4n) is 4.13. The summed E-state index contributed by atoms with van der Waals surface area (Å²) in [5.74, 6) is -0.111. The molecule has 0 radical (unpaired) electrons. The molecule has 0 spiro atoms. The van der Waals surface area contributed by atoms with Crippen molar-refractivity contribution in [2.24, 2.45) is 0 Å². The maximum Gasteiger partial charge on any atom is 0.244 e. The fourth-order valence-corrected chi connectivity index (χ4v) is 4.13. The minimum atomic E-state index is -0.111. The highest BCUT2D eigenvalue weighted by atomic mass is 16.5. The summed E-state index contributed by atoms with van der Waals surface area (Å²) in [5.41, 5.74) is 3.78. The maximum atomic E-state index is 12.3. The third-order valence-electron chi connectivity index (χ3n) is 5.85. The first-order chi connectivity index (χ1) is 16.3. The summed E-state index contributed by atoms with van der Waals surface area (Å²) in [7, 11) is 0. The lowest BCUT2D eigenvalue weighted by Crippen LogP contribution is -2.24. The molecule has 1 fully saturated rings. The zero-order valence-corrected chi connectivity index (χ0v) is 19.0. The molecule has 1 aliphatic rings. The average Bonchev–Trinajstić information content (AvgIpc) is 3.27. The molecule has 172 valence electrons. The van der Waals surface area contributed by atoms with Crippen molar-refractivity contribution in [1.29, 1.82) is 0 Å². The molecule has 0 atom stereocenters. The first kappa shape index (κ1) is 22.9. The summed E-state index contributed by atoms with van der Waals surface area (Å²) >= 11 is 0. The van der Waals surface area contributed by atoms with Crippen molar-refractivity contribution in [2.75, 3.05) is 13.2 Å². The van der Waals surface area contributed by atoms with E-state index < -0.39 is 0 Å². The van der Waals surface area contributed by atoms with E-state index in [1.807, 2.05) is 47.3 Å². The molecule has 1 aliphatic carbocycles. The van der Waals surface area contributed by atoms with Crippen LogP contribution in [0.1, 0.15) is 49.7 Å². The molecule has 0 aliphatic heterocycles. The van der Waals surface area contributed by atoms with E-state index in [9.17, 15) is 4.79 Å². The zero-order chi connectivity index (χ0) is 22.7. The minimum absolute atomic E-state index is 0.111. The molecule has 0 unspecified atom stereocenters. The second-order valence-corrected chi connectivity index (χ2v) is 8.47. The molecule has 2 heterocycles. The molecule has 0 saturated heterocycles. The number of carbonyl (C=O) groups is 1. The van der Waals surface area contributed by atoms with Gasteiger partial charge in [-0.3, -0.25) is 14.5 Å². The van der Waals surface area contributed by atoms with Crippen LogP contribution in [0.3, 0.4) is 0 Å². The number of hydrogen-bond donors (Lipinski definition) is 1. The lowest BCUT2D eigenvalue weighted by Gasteiger charge is -2.21. The Morgan fingerprint density at radius 1 is 1.12 bits per heavy atom. The summed E-state index contributed by atoms with van der Waals surface area (Å²) in [5, 5.41) is 7.71. The van der Waals surface area contributed by atoms with Crippen molar-refractivity contribution < 1.29 is 9.53 Å². The highest BCUT2D eigenvalue weighted by Crippen LogP contribution is 2.23. The average molecular weight is 445 g/mol. The highest BCUT2D eigenvalue weighted by Gasteiger charge is 2.13. The van der Waals surface area contributed by atoms with Crippen LogP contribution in [0.2, 0.25) is 0 Å². The van der Waals surface area contributed by atoms with E-state index in [1.165, 1.54) is 37.7 Å². The molecular weight excluding hydrogens is 412 g/mol. The SMILES string of the molecule is O=C(/C=C/c1cn(Cc2ccccc2)nc1-c1cccnc1)NCCCOC1CCCCC1. The van der Waals surface area contributed by atoms with Gasteiger partial charge in [0, 0.05) is 48.9 Å². The lowest BCUT2D eigenvalue weighted by molar-refractivity contribution is -0.116. The van der Waals surface area contributed by atoms with Crippen LogP contribution in [0.25, 0.3) is 17.3 Å². The molecule has 3 aromatic rings. The Morgan fingerprint density at radius 2 is 1.97 bits per heavy atom. The van der Waals surface area contributed by atoms with Crippen LogP contribution in [-0.2, 0) is 16.1 Å². The Morgan fingerprint density at radius 3 is 2.76 bits per heavy atom. The van der Waals surface area contributed by atoms with Gasteiger partial charge < -0.3 is 10.1 Å². The van der Waals surface area contributed by atoms with Crippen molar-refractivity contribution in [2.45, 2.75) is 51.2 Å². The van der Waals surface area contributed by atoms with Crippen LogP contribution in [0.4, 0.5) is 0 Å². The lowest BCUT2D eigenvalue weighted by atomic mass is 9.98. The summed E-state index contributed by atoms with van der Waals surface area (Å²) < 4.78 is 7.82. The smallest absolute Gasteiger partial charge is 0.244 e. The van der Waals surface area contributed by atoms with Gasteiger partial charge in [-0.05, 0) is 43.0 Å². The van der Waals surface area contributed by atoms with Crippen LogP contribution in [0, 0.1) is 0 Å². The Labute approximate surface area is 195 Å². The minimum Gasteiger partial charge on any atom is -0.378 e. The number of pyridine rings is 1. The van der Waals surface area contributed by atoms with E-state index in [-0.39, 0.29) is 5.91 Å². The van der Waals surface area contributed by atoms with Crippen LogP contribution >= 0.6 is 0 Å². The number of rotatable bonds is 10. The third-order valence-corrected chi connectivity index (χ3v) is 5.85. The fraction of sp³-hybridized carbons (Fsp3) is 0.370. The van der Waals surface area contributed by atoms with Crippen molar-refractivity contribution in [3.05, 3.63) is 78.3 Å². The summed E-state index contributed by atoms with van der Waals surface area (Å²) in [4.78, 5) is 16.6. The Balaban J connectivity index is 1.33. The molecule has 1 N–H and O–H groups in total. The van der Waals surface area contributed by atoms with Gasteiger partial charge in [0.2, 0.25) is 5.91 Å². The molecule has 2 aromatic heterocycles. The molecule has 4 rings (SSSR count). The van der Waals surface area contributed by atoms with Gasteiger partial charge >= 0.3 is 0 Å². The van der Waals surface area contributed by atoms with Gasteiger partial charge in [0.1, 0.15) is 5.69 Å². The number of benzene rings is 1. The number of nitrogens with one attached hydrogen (secondary N) is 1. The van der Waals surface area contributed by atoms with Crippen LogP contribution in [0.5, 0.6) is 0 Å². The Kier molecular flexibility index (Phi) is 8.42. The van der Waals surface area contributed by atoms with Crippen molar-refractivity contribution in [1.82, 2.24) is 20.1 Å². The number of amides is 1.